The van der Waals surface area contributed by atoms with Crippen LogP contribution in [0.15, 0.2) is 24.3 Å². The van der Waals surface area contributed by atoms with Crippen molar-refractivity contribution in [3.05, 3.63) is 35.6 Å². The summed E-state index contributed by atoms with van der Waals surface area (Å²) in [5, 5.41) is 4.40. The van der Waals surface area contributed by atoms with Gasteiger partial charge in [0.2, 0.25) is 0 Å². The van der Waals surface area contributed by atoms with Crippen molar-refractivity contribution in [2.45, 2.75) is 19.4 Å². The minimum atomic E-state index is -2.99. The summed E-state index contributed by atoms with van der Waals surface area (Å²) in [6, 6.07) is 6.20. The second-order valence-corrected chi connectivity index (χ2v) is 7.65. The molecule has 1 atom stereocenters. The molecule has 2 heterocycles. The van der Waals surface area contributed by atoms with Gasteiger partial charge in [-0.15, -0.1) is 0 Å². The number of nitrogens with zero attached hydrogens (tertiary/aromatic N) is 2. The first-order valence-corrected chi connectivity index (χ1v) is 8.50. The number of nitrogens with two attached hydrogens (primary N) is 1. The van der Waals surface area contributed by atoms with Gasteiger partial charge in [-0.1, -0.05) is 0 Å². The third kappa shape index (κ3) is 2.65. The summed E-state index contributed by atoms with van der Waals surface area (Å²) < 4.78 is 38.0. The first-order valence-electron chi connectivity index (χ1n) is 6.68. The lowest BCUT2D eigenvalue weighted by atomic mass is 10.1. The summed E-state index contributed by atoms with van der Waals surface area (Å²) in [6.07, 6.45) is 0.524. The van der Waals surface area contributed by atoms with E-state index in [0.717, 1.165) is 5.56 Å². The van der Waals surface area contributed by atoms with Gasteiger partial charge in [-0.05, 0) is 37.1 Å². The van der Waals surface area contributed by atoms with Crippen molar-refractivity contribution in [3.8, 4) is 11.3 Å². The molecule has 1 fully saturated rings. The predicted molar refractivity (Wildman–Crippen MR) is 79.1 cm³/mol. The zero-order valence-corrected chi connectivity index (χ0v) is 12.4. The van der Waals surface area contributed by atoms with Crippen LogP contribution in [0.5, 0.6) is 0 Å². The molecule has 0 saturated carbocycles. The van der Waals surface area contributed by atoms with Crippen LogP contribution in [0.3, 0.4) is 0 Å². The number of hydrogen-bond donors (Lipinski definition) is 1. The van der Waals surface area contributed by atoms with Crippen LogP contribution in [-0.2, 0) is 9.84 Å². The van der Waals surface area contributed by atoms with Gasteiger partial charge < -0.3 is 5.73 Å². The van der Waals surface area contributed by atoms with E-state index >= 15 is 0 Å². The molecule has 1 aromatic heterocycles. The van der Waals surface area contributed by atoms with Crippen LogP contribution in [0.4, 0.5) is 10.2 Å². The second kappa shape index (κ2) is 4.84. The van der Waals surface area contributed by atoms with Crippen LogP contribution in [0.1, 0.15) is 18.0 Å². The highest BCUT2D eigenvalue weighted by atomic mass is 32.2. The molecule has 0 amide bonds. The Kier molecular flexibility index (Phi) is 3.24. The predicted octanol–water partition coefficient (Wildman–Crippen LogP) is 1.94. The third-order valence-electron chi connectivity index (χ3n) is 3.77. The number of aromatic nitrogens is 2. The molecule has 1 aromatic carbocycles. The van der Waals surface area contributed by atoms with E-state index in [4.69, 9.17) is 5.73 Å². The van der Waals surface area contributed by atoms with E-state index in [-0.39, 0.29) is 23.4 Å². The Bertz CT molecular complexity index is 799. The molecule has 5 nitrogen and oxygen atoms in total. The van der Waals surface area contributed by atoms with Gasteiger partial charge in [-0.3, -0.25) is 0 Å². The first kappa shape index (κ1) is 14.1. The molecule has 7 heteroatoms. The Morgan fingerprint density at radius 3 is 2.76 bits per heavy atom. The molecule has 2 N–H and O–H groups in total. The molecule has 3 rings (SSSR count). The van der Waals surface area contributed by atoms with E-state index in [2.05, 4.69) is 5.10 Å². The van der Waals surface area contributed by atoms with Gasteiger partial charge in [0.05, 0.1) is 23.2 Å². The third-order valence-corrected chi connectivity index (χ3v) is 5.52. The minimum Gasteiger partial charge on any atom is -0.384 e. The minimum absolute atomic E-state index is 0.0702. The van der Waals surface area contributed by atoms with Gasteiger partial charge in [-0.2, -0.15) is 5.10 Å². The van der Waals surface area contributed by atoms with Gasteiger partial charge in [0.1, 0.15) is 11.6 Å². The summed E-state index contributed by atoms with van der Waals surface area (Å²) in [7, 11) is -2.99. The molecule has 1 unspecified atom stereocenters. The monoisotopic (exact) mass is 309 g/mol. The second-order valence-electron chi connectivity index (χ2n) is 5.42. The summed E-state index contributed by atoms with van der Waals surface area (Å²) in [5.74, 6) is 0.394. The largest absolute Gasteiger partial charge is 0.384 e. The fourth-order valence-corrected chi connectivity index (χ4v) is 4.31. The van der Waals surface area contributed by atoms with Gasteiger partial charge in [0.15, 0.2) is 9.84 Å². The standard InChI is InChI=1S/C14H16FN3O2S/c1-9-6-10(2-3-12(9)15)13-7-14(16)18(17-13)11-4-5-21(19,20)8-11/h2-3,6-7,11H,4-5,8,16H2,1H3. The molecule has 1 aliphatic rings. The lowest BCUT2D eigenvalue weighted by molar-refractivity contribution is 0.508. The van der Waals surface area contributed by atoms with Crippen LogP contribution in [0, 0.1) is 12.7 Å². The number of anilines is 1. The number of rotatable bonds is 2. The maximum absolute atomic E-state index is 13.3. The zero-order chi connectivity index (χ0) is 15.2. The lowest BCUT2D eigenvalue weighted by Gasteiger charge is -2.10. The SMILES string of the molecule is Cc1cc(-c2cc(N)n(C3CCS(=O)(=O)C3)n2)ccc1F. The Morgan fingerprint density at radius 1 is 1.38 bits per heavy atom. The molecule has 0 radical (unpaired) electrons. The van der Waals surface area contributed by atoms with Crippen LogP contribution in [-0.4, -0.2) is 29.7 Å². The van der Waals surface area contributed by atoms with E-state index < -0.39 is 9.84 Å². The number of halogens is 1. The fourth-order valence-electron chi connectivity index (χ4n) is 2.61. The molecule has 2 aromatic rings. The Labute approximate surface area is 122 Å². The maximum atomic E-state index is 13.3. The van der Waals surface area contributed by atoms with Crippen molar-refractivity contribution in [2.24, 2.45) is 0 Å². The number of sulfone groups is 1. The number of aryl methyl sites for hydroxylation is 1. The van der Waals surface area contributed by atoms with Crippen molar-refractivity contribution in [3.63, 3.8) is 0 Å². The molecule has 1 saturated heterocycles. The van der Waals surface area contributed by atoms with Crippen molar-refractivity contribution in [2.75, 3.05) is 17.2 Å². The van der Waals surface area contributed by atoms with Crippen LogP contribution in [0.25, 0.3) is 11.3 Å². The highest BCUT2D eigenvalue weighted by Crippen LogP contribution is 2.29. The summed E-state index contributed by atoms with van der Waals surface area (Å²) >= 11 is 0. The fraction of sp³-hybridized carbons (Fsp3) is 0.357. The van der Waals surface area contributed by atoms with Crippen molar-refractivity contribution < 1.29 is 12.8 Å². The smallest absolute Gasteiger partial charge is 0.152 e. The van der Waals surface area contributed by atoms with E-state index in [1.807, 2.05) is 0 Å². The average molecular weight is 309 g/mol. The highest BCUT2D eigenvalue weighted by Gasteiger charge is 2.31. The first-order chi connectivity index (χ1) is 9.85. The Morgan fingerprint density at radius 2 is 2.14 bits per heavy atom. The highest BCUT2D eigenvalue weighted by molar-refractivity contribution is 7.91. The van der Waals surface area contributed by atoms with E-state index in [9.17, 15) is 12.8 Å². The van der Waals surface area contributed by atoms with Crippen LogP contribution in [0.2, 0.25) is 0 Å². The van der Waals surface area contributed by atoms with Crippen molar-refractivity contribution in [1.82, 2.24) is 9.78 Å². The zero-order valence-electron chi connectivity index (χ0n) is 11.6. The Balaban J connectivity index is 1.96. The number of benzene rings is 1. The maximum Gasteiger partial charge on any atom is 0.152 e. The molecule has 0 spiro atoms. The van der Waals surface area contributed by atoms with E-state index in [1.165, 1.54) is 6.07 Å². The summed E-state index contributed by atoms with van der Waals surface area (Å²) in [6.45, 7) is 1.68. The molecule has 1 aliphatic heterocycles. The lowest BCUT2D eigenvalue weighted by Crippen LogP contribution is -2.14. The molecule has 21 heavy (non-hydrogen) atoms. The van der Waals surface area contributed by atoms with E-state index in [1.54, 1.807) is 29.8 Å². The van der Waals surface area contributed by atoms with Crippen LogP contribution < -0.4 is 5.73 Å². The number of nitrogen functional groups attached to an aromatic ring is 1. The molecule has 0 aliphatic carbocycles. The van der Waals surface area contributed by atoms with Crippen LogP contribution >= 0.6 is 0 Å². The van der Waals surface area contributed by atoms with Crippen molar-refractivity contribution in [1.29, 1.82) is 0 Å². The van der Waals surface area contributed by atoms with Crippen molar-refractivity contribution >= 4 is 15.7 Å². The van der Waals surface area contributed by atoms with Gasteiger partial charge >= 0.3 is 0 Å². The summed E-state index contributed by atoms with van der Waals surface area (Å²) in [5.41, 5.74) is 7.87. The molecule has 0 bridgehead atoms. The Hall–Kier alpha value is -1.89. The molecular weight excluding hydrogens is 293 g/mol. The summed E-state index contributed by atoms with van der Waals surface area (Å²) in [4.78, 5) is 0. The normalized spacial score (nSPS) is 20.8. The number of hydrogen-bond acceptors (Lipinski definition) is 4. The van der Waals surface area contributed by atoms with Gasteiger partial charge in [0.25, 0.3) is 0 Å². The topological polar surface area (TPSA) is 78.0 Å². The molecule has 112 valence electrons. The van der Waals surface area contributed by atoms with Gasteiger partial charge in [0, 0.05) is 11.6 Å². The van der Waals surface area contributed by atoms with Gasteiger partial charge in [-0.25, -0.2) is 17.5 Å². The quantitative estimate of drug-likeness (QED) is 0.919. The average Bonchev–Trinajstić information content (AvgIpc) is 2.95. The van der Waals surface area contributed by atoms with E-state index in [0.29, 0.717) is 23.5 Å². The molecular formula is C14H16FN3O2S.